The Kier molecular flexibility index (Phi) is 11.2. The molecule has 2 aliphatic rings. The van der Waals surface area contributed by atoms with Gasteiger partial charge in [-0.3, -0.25) is 0 Å². The largest absolute Gasteiger partial charge is 0.455 e. The van der Waals surface area contributed by atoms with E-state index in [0.29, 0.717) is 0 Å². The highest BCUT2D eigenvalue weighted by molar-refractivity contribution is 6.71. The number of hydrogen-bond acceptors (Lipinski definition) is 3. The number of furan rings is 1. The van der Waals surface area contributed by atoms with Crippen molar-refractivity contribution in [2.75, 3.05) is 9.80 Å². The summed E-state index contributed by atoms with van der Waals surface area (Å²) in [4.78, 5) is 5.04. The van der Waals surface area contributed by atoms with E-state index in [2.05, 4.69) is 284 Å². The van der Waals surface area contributed by atoms with E-state index in [9.17, 15) is 0 Å². The lowest BCUT2D eigenvalue weighted by atomic mass is 9.70. The molecule has 0 unspecified atom stereocenters. The number of para-hydroxylation sites is 1. The molecule has 10 aromatic carbocycles. The number of fused-ring (bicyclic) bond motifs is 16. The average molecular weight is 1020 g/mol. The molecule has 1 heterocycles. The lowest BCUT2D eigenvalue weighted by Gasteiger charge is -2.34. The third-order valence-corrected chi connectivity index (χ3v) is 20.2. The van der Waals surface area contributed by atoms with Gasteiger partial charge in [0, 0.05) is 39.1 Å². The van der Waals surface area contributed by atoms with E-state index in [1.165, 1.54) is 71.2 Å². The molecule has 1 aromatic heterocycles. The fourth-order valence-corrected chi connectivity index (χ4v) is 14.7. The van der Waals surface area contributed by atoms with Gasteiger partial charge in [0.25, 0.3) is 0 Å². The molecule has 0 bridgehead atoms. The topological polar surface area (TPSA) is 19.6 Å². The standard InChI is InChI=1S/C71H66N2OSi2/c1-69(2,3)45-27-31-47(32-28-45)72(49-35-39-51(40-36-49)75(7)8)62-43-60-65(56-22-12-11-21-55(56)62)67-61(71(60)58-24-16-13-19-53(58)54-20-14-17-25-59(54)71)44-63(66-57-23-15-18-26-64(57)74-68(66)67)73(50-37-41-52(42-38-50)76(9)10)48-33-29-46(30-34-48)70(4,5)6/h11-44,75-76H,1-10H3. The molecule has 13 rings (SSSR count). The molecule has 0 fully saturated rings. The minimum atomic E-state index is -1.07. The lowest BCUT2D eigenvalue weighted by molar-refractivity contribution is 0.590. The van der Waals surface area contributed by atoms with Gasteiger partial charge < -0.3 is 14.2 Å². The van der Waals surface area contributed by atoms with Gasteiger partial charge in [-0.15, -0.1) is 0 Å². The van der Waals surface area contributed by atoms with Crippen molar-refractivity contribution >= 4 is 94.8 Å². The molecule has 0 saturated carbocycles. The highest BCUT2D eigenvalue weighted by Crippen LogP contribution is 2.67. The molecule has 3 nitrogen and oxygen atoms in total. The molecule has 0 aliphatic heterocycles. The first kappa shape index (κ1) is 48.0. The van der Waals surface area contributed by atoms with Gasteiger partial charge >= 0.3 is 0 Å². The average Bonchev–Trinajstić information content (AvgIpc) is 3.72. The van der Waals surface area contributed by atoms with Crippen molar-refractivity contribution in [1.29, 1.82) is 0 Å². The van der Waals surface area contributed by atoms with Gasteiger partial charge in [-0.25, -0.2) is 0 Å². The normalized spacial score (nSPS) is 13.5. The molecule has 0 atom stereocenters. The van der Waals surface area contributed by atoms with E-state index in [1.807, 2.05) is 0 Å². The van der Waals surface area contributed by atoms with Crippen molar-refractivity contribution in [1.82, 2.24) is 0 Å². The van der Waals surface area contributed by atoms with Crippen molar-refractivity contribution in [3.8, 4) is 22.3 Å². The van der Waals surface area contributed by atoms with Gasteiger partial charge in [-0.2, -0.15) is 0 Å². The first-order valence-corrected chi connectivity index (χ1v) is 33.2. The van der Waals surface area contributed by atoms with E-state index in [1.54, 1.807) is 0 Å². The maximum Gasteiger partial charge on any atom is 0.145 e. The van der Waals surface area contributed by atoms with Gasteiger partial charge in [-0.1, -0.05) is 218 Å². The Labute approximate surface area is 452 Å². The predicted molar refractivity (Wildman–Crippen MR) is 331 cm³/mol. The van der Waals surface area contributed by atoms with Crippen LogP contribution in [-0.4, -0.2) is 17.6 Å². The van der Waals surface area contributed by atoms with Crippen LogP contribution < -0.4 is 20.2 Å². The van der Waals surface area contributed by atoms with Crippen LogP contribution in [0.5, 0.6) is 0 Å². The van der Waals surface area contributed by atoms with Crippen LogP contribution in [-0.2, 0) is 16.2 Å². The van der Waals surface area contributed by atoms with Gasteiger partial charge in [-0.05, 0) is 133 Å². The number of nitrogens with zero attached hydrogens (tertiary/aromatic N) is 2. The number of rotatable bonds is 8. The summed E-state index contributed by atoms with van der Waals surface area (Å²) in [5.41, 5.74) is 20.5. The first-order valence-electron chi connectivity index (χ1n) is 27.4. The second-order valence-corrected chi connectivity index (χ2v) is 30.0. The molecule has 374 valence electrons. The SMILES string of the molecule is C[SiH](C)c1ccc(N(c2ccc(C(C)(C)C)cc2)c2cc3c(c4ccccc24)-c2c(cc(N(c4ccc([SiH](C)C)cc4)c4ccc(C(C)(C)C)cc4)c4c2oc2ccccc24)C32c3ccccc3-c3ccccc32)cc1. The second kappa shape index (κ2) is 17.7. The van der Waals surface area contributed by atoms with Gasteiger partial charge in [0.15, 0.2) is 0 Å². The molecular weight excluding hydrogens is 953 g/mol. The summed E-state index contributed by atoms with van der Waals surface area (Å²) in [6.45, 7) is 23.4. The van der Waals surface area contributed by atoms with Crippen LogP contribution in [0.25, 0.3) is 55.0 Å². The van der Waals surface area contributed by atoms with Crippen LogP contribution in [0.1, 0.15) is 74.9 Å². The van der Waals surface area contributed by atoms with E-state index in [0.717, 1.165) is 61.6 Å². The van der Waals surface area contributed by atoms with Crippen molar-refractivity contribution in [3.63, 3.8) is 0 Å². The van der Waals surface area contributed by atoms with Crippen LogP contribution in [0.15, 0.2) is 211 Å². The van der Waals surface area contributed by atoms with Crippen molar-refractivity contribution in [3.05, 3.63) is 240 Å². The highest BCUT2D eigenvalue weighted by Gasteiger charge is 2.54. The Morgan fingerprint density at radius 2 is 0.776 bits per heavy atom. The van der Waals surface area contributed by atoms with Crippen LogP contribution >= 0.6 is 0 Å². The summed E-state index contributed by atoms with van der Waals surface area (Å²) >= 11 is 0. The zero-order chi connectivity index (χ0) is 52.4. The van der Waals surface area contributed by atoms with Crippen LogP contribution in [0.3, 0.4) is 0 Å². The van der Waals surface area contributed by atoms with Crippen LogP contribution in [0.4, 0.5) is 34.1 Å². The van der Waals surface area contributed by atoms with E-state index >= 15 is 0 Å². The smallest absolute Gasteiger partial charge is 0.145 e. The molecule has 0 N–H and O–H groups in total. The Hall–Kier alpha value is -7.71. The minimum Gasteiger partial charge on any atom is -0.455 e. The molecule has 1 spiro atoms. The summed E-state index contributed by atoms with van der Waals surface area (Å²) in [6.07, 6.45) is 0. The third kappa shape index (κ3) is 7.34. The summed E-state index contributed by atoms with van der Waals surface area (Å²) < 4.78 is 7.51. The van der Waals surface area contributed by atoms with Crippen LogP contribution in [0.2, 0.25) is 26.2 Å². The van der Waals surface area contributed by atoms with Crippen molar-refractivity contribution in [2.24, 2.45) is 0 Å². The van der Waals surface area contributed by atoms with Gasteiger partial charge in [0.1, 0.15) is 11.2 Å². The van der Waals surface area contributed by atoms with Gasteiger partial charge in [0.05, 0.1) is 39.8 Å². The lowest BCUT2D eigenvalue weighted by Crippen LogP contribution is -2.27. The Morgan fingerprint density at radius 1 is 0.382 bits per heavy atom. The molecule has 5 heteroatoms. The quantitative estimate of drug-likeness (QED) is 0.141. The minimum absolute atomic E-state index is 0.00207. The number of anilines is 6. The molecule has 0 amide bonds. The maximum atomic E-state index is 7.51. The van der Waals surface area contributed by atoms with Crippen molar-refractivity contribution < 1.29 is 4.42 Å². The molecule has 0 radical (unpaired) electrons. The van der Waals surface area contributed by atoms with Crippen molar-refractivity contribution in [2.45, 2.75) is 84.0 Å². The second-order valence-electron chi connectivity index (χ2n) is 24.1. The summed E-state index contributed by atoms with van der Waals surface area (Å²) in [5.74, 6) is 0. The Bertz CT molecular complexity index is 4010. The van der Waals surface area contributed by atoms with E-state index in [-0.39, 0.29) is 10.8 Å². The molecule has 76 heavy (non-hydrogen) atoms. The van der Waals surface area contributed by atoms with E-state index in [4.69, 9.17) is 4.42 Å². The third-order valence-electron chi connectivity index (χ3n) is 16.8. The van der Waals surface area contributed by atoms with Crippen LogP contribution in [0, 0.1) is 0 Å². The summed E-state index contributed by atoms with van der Waals surface area (Å²) in [5, 5.41) is 7.52. The summed E-state index contributed by atoms with van der Waals surface area (Å²) in [7, 11) is -2.13. The van der Waals surface area contributed by atoms with Gasteiger partial charge in [0.2, 0.25) is 0 Å². The summed E-state index contributed by atoms with van der Waals surface area (Å²) in [6, 6.07) is 78.9. The van der Waals surface area contributed by atoms with E-state index < -0.39 is 23.0 Å². The molecule has 2 aliphatic carbocycles. The molecule has 11 aromatic rings. The Morgan fingerprint density at radius 3 is 1.26 bits per heavy atom. The predicted octanol–water partition coefficient (Wildman–Crippen LogP) is 18.0. The zero-order valence-electron chi connectivity index (χ0n) is 45.6. The fourth-order valence-electron chi connectivity index (χ4n) is 12.8. The zero-order valence-corrected chi connectivity index (χ0v) is 47.9. The molecular formula is C71H66N2OSi2. The first-order chi connectivity index (χ1) is 36.6. The molecule has 0 saturated heterocycles. The number of hydrogen-bond donors (Lipinski definition) is 0. The number of benzene rings is 10. The fraction of sp³-hybridized carbons (Fsp3) is 0.183. The monoisotopic (exact) mass is 1020 g/mol. The highest BCUT2D eigenvalue weighted by atomic mass is 28.3. The Balaban J connectivity index is 1.19. The maximum absolute atomic E-state index is 7.51.